The maximum absolute atomic E-state index is 14.3. The van der Waals surface area contributed by atoms with Crippen molar-refractivity contribution in [3.8, 4) is 0 Å². The molecular weight excluding hydrogens is 408 g/mol. The lowest BCUT2D eigenvalue weighted by Gasteiger charge is -2.16. The fourth-order valence-electron chi connectivity index (χ4n) is 3.47. The van der Waals surface area contributed by atoms with Crippen molar-refractivity contribution in [2.24, 2.45) is 0 Å². The van der Waals surface area contributed by atoms with Crippen molar-refractivity contribution in [3.63, 3.8) is 0 Å². The molecular formula is C22H25F2N3O4. The number of hydrogen-bond acceptors (Lipinski definition) is 4. The molecule has 0 unspecified atom stereocenters. The third kappa shape index (κ3) is 5.68. The largest absolute Gasteiger partial charge is 0.467 e. The normalized spacial score (nSPS) is 18.8. The molecule has 0 fully saturated rings. The number of carbonyl (C=O) groups excluding carboxylic acids is 3. The van der Waals surface area contributed by atoms with Crippen LogP contribution in [-0.4, -0.2) is 23.8 Å². The van der Waals surface area contributed by atoms with Crippen molar-refractivity contribution in [3.05, 3.63) is 46.9 Å². The zero-order chi connectivity index (χ0) is 22.5. The Hall–Kier alpha value is -3.23. The molecule has 7 nitrogen and oxygen atoms in total. The van der Waals surface area contributed by atoms with Crippen LogP contribution in [0.25, 0.3) is 0 Å². The van der Waals surface area contributed by atoms with Gasteiger partial charge in [0.2, 0.25) is 17.7 Å². The van der Waals surface area contributed by atoms with Crippen molar-refractivity contribution in [1.82, 2.24) is 5.32 Å². The molecule has 0 spiro atoms. The Kier molecular flexibility index (Phi) is 7.04. The molecule has 3 N–H and O–H groups in total. The number of nitrogens with one attached hydrogen (secondary N) is 3. The first-order valence-corrected chi connectivity index (χ1v) is 10.2. The first-order valence-electron chi connectivity index (χ1n) is 10.2. The van der Waals surface area contributed by atoms with E-state index in [4.69, 9.17) is 4.42 Å². The molecule has 1 aliphatic heterocycles. The third-order valence-corrected chi connectivity index (χ3v) is 5.13. The van der Waals surface area contributed by atoms with Crippen LogP contribution >= 0.6 is 0 Å². The fraction of sp³-hybridized carbons (Fsp3) is 0.409. The van der Waals surface area contributed by atoms with E-state index < -0.39 is 41.8 Å². The van der Waals surface area contributed by atoms with Crippen LogP contribution in [0, 0.1) is 18.6 Å². The highest BCUT2D eigenvalue weighted by atomic mass is 19.1. The molecule has 3 rings (SSSR count). The predicted molar refractivity (Wildman–Crippen MR) is 111 cm³/mol. The van der Waals surface area contributed by atoms with Gasteiger partial charge in [0.05, 0.1) is 24.1 Å². The lowest BCUT2D eigenvalue weighted by atomic mass is 10.1. The number of rotatable bonds is 0. The highest BCUT2D eigenvalue weighted by molar-refractivity contribution is 5.98. The number of anilines is 2. The fourth-order valence-corrected chi connectivity index (χ4v) is 3.47. The lowest BCUT2D eigenvalue weighted by Crippen LogP contribution is -2.42. The SMILES string of the molecule is Cc1coc2c1NC(=O)[C@H](C)NC(=O)Cc1cc(F)cc(F)c1NC(=O)CCCCC2. The van der Waals surface area contributed by atoms with Gasteiger partial charge in [0.25, 0.3) is 0 Å². The van der Waals surface area contributed by atoms with Gasteiger partial charge in [-0.25, -0.2) is 8.78 Å². The summed E-state index contributed by atoms with van der Waals surface area (Å²) in [5.74, 6) is -2.67. The molecule has 0 saturated carbocycles. The Labute approximate surface area is 178 Å². The average Bonchev–Trinajstić information content (AvgIpc) is 3.03. The average molecular weight is 433 g/mol. The van der Waals surface area contributed by atoms with Crippen molar-refractivity contribution in [2.45, 2.75) is 58.4 Å². The van der Waals surface area contributed by atoms with Crippen LogP contribution in [0.5, 0.6) is 0 Å². The van der Waals surface area contributed by atoms with Gasteiger partial charge in [-0.2, -0.15) is 0 Å². The number of aryl methyl sites for hydroxylation is 2. The minimum atomic E-state index is -0.958. The Balaban J connectivity index is 1.86. The van der Waals surface area contributed by atoms with Crippen molar-refractivity contribution < 1.29 is 27.6 Å². The van der Waals surface area contributed by atoms with Crippen molar-refractivity contribution in [1.29, 1.82) is 0 Å². The van der Waals surface area contributed by atoms with Crippen LogP contribution in [0.4, 0.5) is 20.2 Å². The number of hydrogen-bond donors (Lipinski definition) is 3. The van der Waals surface area contributed by atoms with Crippen molar-refractivity contribution in [2.75, 3.05) is 10.6 Å². The van der Waals surface area contributed by atoms with E-state index in [1.807, 2.05) is 0 Å². The second kappa shape index (κ2) is 9.72. The summed E-state index contributed by atoms with van der Waals surface area (Å²) in [6, 6.07) is 0.749. The van der Waals surface area contributed by atoms with E-state index in [0.717, 1.165) is 24.5 Å². The molecule has 1 aromatic heterocycles. The molecule has 1 aromatic carbocycles. The summed E-state index contributed by atoms with van der Waals surface area (Å²) >= 11 is 0. The Morgan fingerprint density at radius 1 is 0.968 bits per heavy atom. The number of carbonyl (C=O) groups is 3. The van der Waals surface area contributed by atoms with Gasteiger partial charge in [0, 0.05) is 24.5 Å². The van der Waals surface area contributed by atoms with Crippen LogP contribution in [-0.2, 0) is 27.2 Å². The van der Waals surface area contributed by atoms with E-state index in [9.17, 15) is 23.2 Å². The summed E-state index contributed by atoms with van der Waals surface area (Å²) in [5.41, 5.74) is 1.10. The number of fused-ring (bicyclic) bond motifs is 2. The summed E-state index contributed by atoms with van der Waals surface area (Å²) in [6.07, 6.45) is 3.88. The van der Waals surface area contributed by atoms with Gasteiger partial charge in [-0.05, 0) is 38.3 Å². The maximum atomic E-state index is 14.3. The number of amides is 3. The molecule has 0 aliphatic carbocycles. The molecule has 0 saturated heterocycles. The first kappa shape index (κ1) is 22.5. The molecule has 31 heavy (non-hydrogen) atoms. The molecule has 1 aliphatic rings. The smallest absolute Gasteiger partial charge is 0.246 e. The number of furan rings is 1. The topological polar surface area (TPSA) is 100 Å². The highest BCUT2D eigenvalue weighted by Crippen LogP contribution is 2.26. The van der Waals surface area contributed by atoms with Crippen LogP contribution in [0.3, 0.4) is 0 Å². The number of benzene rings is 1. The van der Waals surface area contributed by atoms with E-state index in [1.54, 1.807) is 13.2 Å². The Bertz CT molecular complexity index is 1000. The van der Waals surface area contributed by atoms with Crippen LogP contribution in [0.2, 0.25) is 0 Å². The monoisotopic (exact) mass is 433 g/mol. The highest BCUT2D eigenvalue weighted by Gasteiger charge is 2.22. The van der Waals surface area contributed by atoms with E-state index in [1.165, 1.54) is 6.92 Å². The molecule has 1 atom stereocenters. The zero-order valence-corrected chi connectivity index (χ0v) is 17.4. The molecule has 2 aromatic rings. The molecule has 3 amide bonds. The lowest BCUT2D eigenvalue weighted by molar-refractivity contribution is -0.125. The van der Waals surface area contributed by atoms with Gasteiger partial charge >= 0.3 is 0 Å². The summed E-state index contributed by atoms with van der Waals surface area (Å²) in [5, 5.41) is 7.75. The van der Waals surface area contributed by atoms with Gasteiger partial charge in [0.15, 0.2) is 0 Å². The summed E-state index contributed by atoms with van der Waals surface area (Å²) in [4.78, 5) is 37.3. The van der Waals surface area contributed by atoms with Crippen LogP contribution in [0.1, 0.15) is 49.5 Å². The summed E-state index contributed by atoms with van der Waals surface area (Å²) < 4.78 is 33.6. The van der Waals surface area contributed by atoms with E-state index in [2.05, 4.69) is 16.0 Å². The van der Waals surface area contributed by atoms with Crippen LogP contribution in [0.15, 0.2) is 22.8 Å². The quantitative estimate of drug-likeness (QED) is 0.591. The van der Waals surface area contributed by atoms with Gasteiger partial charge in [0.1, 0.15) is 23.4 Å². The van der Waals surface area contributed by atoms with E-state index in [0.29, 0.717) is 30.4 Å². The van der Waals surface area contributed by atoms with Gasteiger partial charge in [-0.3, -0.25) is 14.4 Å². The number of halogens is 2. The Morgan fingerprint density at radius 2 is 1.71 bits per heavy atom. The third-order valence-electron chi connectivity index (χ3n) is 5.13. The maximum Gasteiger partial charge on any atom is 0.246 e. The summed E-state index contributed by atoms with van der Waals surface area (Å²) in [6.45, 7) is 3.31. The second-order valence-electron chi connectivity index (χ2n) is 7.70. The minimum Gasteiger partial charge on any atom is -0.467 e. The van der Waals surface area contributed by atoms with E-state index in [-0.39, 0.29) is 17.7 Å². The molecule has 0 bridgehead atoms. The minimum absolute atomic E-state index is 0.00626. The first-order chi connectivity index (χ1) is 14.7. The second-order valence-corrected chi connectivity index (χ2v) is 7.70. The standard InChI is InChI=1S/C22H25F2N3O4/c1-12-11-31-17-6-4-3-5-7-18(28)26-21-14(8-15(23)10-16(21)24)9-19(29)25-13(2)22(30)27-20(12)17/h8,10-11,13H,3-7,9H2,1-2H3,(H,25,29)(H,26,28)(H,27,30)/t13-/m0/s1. The summed E-state index contributed by atoms with van der Waals surface area (Å²) in [7, 11) is 0. The van der Waals surface area contributed by atoms with Gasteiger partial charge < -0.3 is 20.4 Å². The zero-order valence-electron chi connectivity index (χ0n) is 17.4. The molecule has 2 heterocycles. The molecule has 9 heteroatoms. The molecule has 0 radical (unpaired) electrons. The predicted octanol–water partition coefficient (Wildman–Crippen LogP) is 3.61. The van der Waals surface area contributed by atoms with Gasteiger partial charge in [-0.15, -0.1) is 0 Å². The Morgan fingerprint density at radius 3 is 2.48 bits per heavy atom. The molecule has 166 valence electrons. The van der Waals surface area contributed by atoms with Crippen molar-refractivity contribution >= 4 is 29.1 Å². The van der Waals surface area contributed by atoms with E-state index >= 15 is 0 Å². The van der Waals surface area contributed by atoms with Crippen LogP contribution < -0.4 is 16.0 Å². The van der Waals surface area contributed by atoms with Gasteiger partial charge in [-0.1, -0.05) is 6.42 Å².